The third-order valence-electron chi connectivity index (χ3n) is 5.76. The van der Waals surface area contributed by atoms with Crippen molar-refractivity contribution in [3.8, 4) is 0 Å². The number of benzene rings is 1. The topological polar surface area (TPSA) is 129 Å². The number of carbonyl (C=O) groups is 2. The molecular weight excluding hydrogens is 508 g/mol. The molecule has 0 fully saturated rings. The van der Waals surface area contributed by atoms with Gasteiger partial charge in [-0.25, -0.2) is 9.97 Å². The van der Waals surface area contributed by atoms with Crippen molar-refractivity contribution in [1.82, 2.24) is 19.7 Å². The Morgan fingerprint density at radius 3 is 2.59 bits per heavy atom. The quantitative estimate of drug-likeness (QED) is 0.168. The number of para-hydroxylation sites is 1. The van der Waals surface area contributed by atoms with Gasteiger partial charge in [0.25, 0.3) is 0 Å². The van der Waals surface area contributed by atoms with E-state index in [0.717, 1.165) is 46.6 Å². The largest absolute Gasteiger partial charge is 0.444 e. The standard InChI is InChI=1S/C26H32N6O3S2/c1-26(2,3)19-14-28-21(35-19)16-36-23-15-29-25(37-23)30-20(33)12-6-4-5-7-13-22(34)32-18-11-9-8-10-17(18)24(27)31-32/h8-11,14-15H,4-7,12-13,16H2,1-3H3,(H2,27,31)(H,29,30,33). The monoisotopic (exact) mass is 540 g/mol. The molecule has 0 saturated heterocycles. The van der Waals surface area contributed by atoms with E-state index >= 15 is 0 Å². The number of nitrogens with one attached hydrogen (secondary N) is 1. The van der Waals surface area contributed by atoms with Crippen LogP contribution in [-0.4, -0.2) is 31.6 Å². The fourth-order valence-electron chi connectivity index (χ4n) is 3.72. The van der Waals surface area contributed by atoms with Gasteiger partial charge in [-0.05, 0) is 25.0 Å². The summed E-state index contributed by atoms with van der Waals surface area (Å²) in [6.45, 7) is 6.26. The molecule has 0 saturated carbocycles. The Bertz CT molecular complexity index is 1370. The zero-order valence-electron chi connectivity index (χ0n) is 21.3. The second-order valence-corrected chi connectivity index (χ2v) is 12.1. The highest BCUT2D eigenvalue weighted by Gasteiger charge is 2.19. The Morgan fingerprint density at radius 2 is 1.84 bits per heavy atom. The molecule has 3 aromatic heterocycles. The fraction of sp³-hybridized carbons (Fsp3) is 0.423. The average molecular weight is 541 g/mol. The molecule has 196 valence electrons. The molecule has 11 heteroatoms. The molecule has 0 aliphatic carbocycles. The number of oxazole rings is 1. The van der Waals surface area contributed by atoms with Crippen LogP contribution in [0, 0.1) is 0 Å². The molecule has 0 unspecified atom stereocenters. The summed E-state index contributed by atoms with van der Waals surface area (Å²) in [7, 11) is 0. The number of nitrogen functional groups attached to an aromatic ring is 1. The number of unbranched alkanes of at least 4 members (excludes halogenated alkanes) is 3. The van der Waals surface area contributed by atoms with E-state index in [1.807, 2.05) is 24.3 Å². The number of nitrogens with zero attached hydrogens (tertiary/aromatic N) is 4. The minimum atomic E-state index is -0.0695. The van der Waals surface area contributed by atoms with Gasteiger partial charge in [-0.15, -0.1) is 16.9 Å². The first-order valence-corrected chi connectivity index (χ1v) is 14.1. The average Bonchev–Trinajstić information content (AvgIpc) is 3.59. The van der Waals surface area contributed by atoms with Crippen LogP contribution in [0.25, 0.3) is 10.9 Å². The number of amides is 1. The molecule has 1 amide bonds. The first-order valence-electron chi connectivity index (χ1n) is 12.3. The van der Waals surface area contributed by atoms with Crippen LogP contribution in [0.2, 0.25) is 0 Å². The van der Waals surface area contributed by atoms with Crippen molar-refractivity contribution in [2.24, 2.45) is 0 Å². The van der Waals surface area contributed by atoms with Gasteiger partial charge in [-0.3, -0.25) is 9.59 Å². The normalized spacial score (nSPS) is 11.8. The number of carbonyl (C=O) groups excluding carboxylic acids is 2. The van der Waals surface area contributed by atoms with Gasteiger partial charge in [-0.1, -0.05) is 57.1 Å². The molecule has 4 rings (SSSR count). The lowest BCUT2D eigenvalue weighted by Crippen LogP contribution is -2.12. The molecular formula is C26H32N6O3S2. The number of rotatable bonds is 11. The summed E-state index contributed by atoms with van der Waals surface area (Å²) < 4.78 is 8.21. The predicted molar refractivity (Wildman–Crippen MR) is 148 cm³/mol. The number of aromatic nitrogens is 4. The van der Waals surface area contributed by atoms with Crippen molar-refractivity contribution in [3.05, 3.63) is 48.3 Å². The van der Waals surface area contributed by atoms with Crippen LogP contribution in [0.3, 0.4) is 0 Å². The third kappa shape index (κ3) is 7.20. The number of thioether (sulfide) groups is 1. The van der Waals surface area contributed by atoms with Gasteiger partial charge in [0, 0.05) is 23.6 Å². The SMILES string of the molecule is CC(C)(C)c1cnc(CSc2cnc(NC(=O)CCCCCCC(=O)n3nc(N)c4ccccc43)s2)o1. The van der Waals surface area contributed by atoms with E-state index in [-0.39, 0.29) is 17.2 Å². The first-order chi connectivity index (χ1) is 17.7. The van der Waals surface area contributed by atoms with Crippen molar-refractivity contribution in [1.29, 1.82) is 0 Å². The molecule has 37 heavy (non-hydrogen) atoms. The summed E-state index contributed by atoms with van der Waals surface area (Å²) in [6, 6.07) is 7.45. The third-order valence-corrected chi connectivity index (χ3v) is 7.85. The minimum absolute atomic E-state index is 0.0528. The Balaban J connectivity index is 1.12. The molecule has 0 spiro atoms. The predicted octanol–water partition coefficient (Wildman–Crippen LogP) is 6.27. The summed E-state index contributed by atoms with van der Waals surface area (Å²) in [5, 5.41) is 8.44. The summed E-state index contributed by atoms with van der Waals surface area (Å²) in [5.74, 6) is 2.40. The number of nitrogens with two attached hydrogens (primary N) is 1. The lowest BCUT2D eigenvalue weighted by atomic mass is 9.94. The Kier molecular flexibility index (Phi) is 8.65. The molecule has 0 bridgehead atoms. The van der Waals surface area contributed by atoms with Crippen molar-refractivity contribution < 1.29 is 14.0 Å². The second kappa shape index (κ2) is 11.9. The number of fused-ring (bicyclic) bond motifs is 1. The van der Waals surface area contributed by atoms with E-state index in [0.29, 0.717) is 35.4 Å². The first kappa shape index (κ1) is 26.9. The van der Waals surface area contributed by atoms with Crippen LogP contribution >= 0.6 is 23.1 Å². The van der Waals surface area contributed by atoms with Gasteiger partial charge in [0.2, 0.25) is 17.7 Å². The van der Waals surface area contributed by atoms with E-state index < -0.39 is 0 Å². The van der Waals surface area contributed by atoms with Crippen molar-refractivity contribution >= 4 is 56.8 Å². The van der Waals surface area contributed by atoms with Gasteiger partial charge in [0.15, 0.2) is 10.9 Å². The van der Waals surface area contributed by atoms with Crippen LogP contribution in [-0.2, 0) is 16.0 Å². The molecule has 0 atom stereocenters. The lowest BCUT2D eigenvalue weighted by Gasteiger charge is -2.12. The van der Waals surface area contributed by atoms with E-state index in [9.17, 15) is 9.59 Å². The van der Waals surface area contributed by atoms with Crippen LogP contribution in [0.4, 0.5) is 10.9 Å². The van der Waals surface area contributed by atoms with Gasteiger partial charge in [0.05, 0.1) is 27.9 Å². The highest BCUT2D eigenvalue weighted by molar-refractivity contribution is 8.00. The number of anilines is 2. The van der Waals surface area contributed by atoms with E-state index in [1.54, 1.807) is 24.2 Å². The minimum Gasteiger partial charge on any atom is -0.444 e. The highest BCUT2D eigenvalue weighted by Crippen LogP contribution is 2.32. The van der Waals surface area contributed by atoms with Crippen LogP contribution in [0.15, 0.2) is 45.3 Å². The van der Waals surface area contributed by atoms with Crippen LogP contribution in [0.1, 0.15) is 75.7 Å². The smallest absolute Gasteiger partial charge is 0.247 e. The highest BCUT2D eigenvalue weighted by atomic mass is 32.2. The summed E-state index contributed by atoms with van der Waals surface area (Å²) in [5.41, 5.74) is 6.58. The fourth-order valence-corrected chi connectivity index (χ4v) is 5.47. The molecule has 0 aliphatic heterocycles. The molecule has 4 aromatic rings. The molecule has 1 aromatic carbocycles. The maximum Gasteiger partial charge on any atom is 0.247 e. The Labute approximate surface area is 224 Å². The number of hydrogen-bond acceptors (Lipinski definition) is 9. The van der Waals surface area contributed by atoms with Gasteiger partial charge in [0.1, 0.15) is 5.76 Å². The number of thiazole rings is 1. The van der Waals surface area contributed by atoms with E-state index in [4.69, 9.17) is 10.2 Å². The molecule has 3 heterocycles. The number of hydrogen-bond donors (Lipinski definition) is 2. The van der Waals surface area contributed by atoms with Crippen molar-refractivity contribution in [2.75, 3.05) is 11.1 Å². The van der Waals surface area contributed by atoms with E-state index in [2.05, 4.69) is 41.2 Å². The Hall–Kier alpha value is -3.18. The molecule has 0 aliphatic rings. The lowest BCUT2D eigenvalue weighted by molar-refractivity contribution is -0.116. The van der Waals surface area contributed by atoms with Crippen LogP contribution in [0.5, 0.6) is 0 Å². The van der Waals surface area contributed by atoms with Crippen molar-refractivity contribution in [3.63, 3.8) is 0 Å². The van der Waals surface area contributed by atoms with Gasteiger partial charge < -0.3 is 15.5 Å². The summed E-state index contributed by atoms with van der Waals surface area (Å²) in [4.78, 5) is 33.5. The maximum atomic E-state index is 12.6. The maximum absolute atomic E-state index is 12.6. The zero-order valence-corrected chi connectivity index (χ0v) is 23.0. The zero-order chi connectivity index (χ0) is 26.4. The van der Waals surface area contributed by atoms with Crippen LogP contribution < -0.4 is 11.1 Å². The van der Waals surface area contributed by atoms with Gasteiger partial charge >= 0.3 is 0 Å². The second-order valence-electron chi connectivity index (χ2n) is 9.81. The molecule has 0 radical (unpaired) electrons. The molecule has 3 N–H and O–H groups in total. The van der Waals surface area contributed by atoms with Gasteiger partial charge in [-0.2, -0.15) is 4.68 Å². The summed E-state index contributed by atoms with van der Waals surface area (Å²) in [6.07, 6.45) is 7.58. The van der Waals surface area contributed by atoms with E-state index in [1.165, 1.54) is 16.0 Å². The Morgan fingerprint density at radius 1 is 1.08 bits per heavy atom. The summed E-state index contributed by atoms with van der Waals surface area (Å²) >= 11 is 3.02. The van der Waals surface area contributed by atoms with Crippen molar-refractivity contribution in [2.45, 2.75) is 74.7 Å². The molecule has 9 nitrogen and oxygen atoms in total.